The number of esters is 2. The molecule has 178 valence electrons. The first kappa shape index (κ1) is 27.2. The summed E-state index contributed by atoms with van der Waals surface area (Å²) in [6.45, 7) is 15.3. The van der Waals surface area contributed by atoms with Crippen molar-refractivity contribution in [3.8, 4) is 11.5 Å². The fourth-order valence-corrected chi connectivity index (χ4v) is 2.26. The second kappa shape index (κ2) is 12.3. The van der Waals surface area contributed by atoms with Gasteiger partial charge in [0.05, 0.1) is 0 Å². The number of hydrogen-bond donors (Lipinski definition) is 2. The molecule has 8 heteroatoms. The minimum atomic E-state index is -1.06. The molecule has 0 spiro atoms. The Morgan fingerprint density at radius 1 is 0.844 bits per heavy atom. The first-order valence-electron chi connectivity index (χ1n) is 10.2. The maximum atomic E-state index is 11.5. The second-order valence-electron chi connectivity index (χ2n) is 8.60. The minimum absolute atomic E-state index is 0.145. The van der Waals surface area contributed by atoms with Crippen LogP contribution in [0.4, 0.5) is 0 Å². The van der Waals surface area contributed by atoms with Crippen molar-refractivity contribution >= 4 is 11.9 Å². The number of carbonyl (C=O) groups excluding carboxylic acids is 2. The van der Waals surface area contributed by atoms with Gasteiger partial charge in [-0.25, -0.2) is 9.59 Å². The summed E-state index contributed by atoms with van der Waals surface area (Å²) in [7, 11) is 0. The molecular formula is C24H34O8. The molecule has 8 nitrogen and oxygen atoms in total. The van der Waals surface area contributed by atoms with Crippen LogP contribution in [0.25, 0.3) is 0 Å². The normalized spacial score (nSPS) is 13.0. The van der Waals surface area contributed by atoms with E-state index in [0.717, 1.165) is 5.56 Å². The molecule has 0 aliphatic heterocycles. The van der Waals surface area contributed by atoms with Crippen LogP contribution in [0.15, 0.2) is 42.5 Å². The Kier molecular flexibility index (Phi) is 10.4. The maximum Gasteiger partial charge on any atom is 0.333 e. The molecule has 0 aromatic heterocycles. The van der Waals surface area contributed by atoms with Crippen molar-refractivity contribution in [3.05, 3.63) is 48.1 Å². The molecule has 0 saturated carbocycles. The summed E-state index contributed by atoms with van der Waals surface area (Å²) >= 11 is 0. The fourth-order valence-electron chi connectivity index (χ4n) is 2.26. The Morgan fingerprint density at radius 3 is 1.69 bits per heavy atom. The number of hydrogen-bond acceptors (Lipinski definition) is 8. The van der Waals surface area contributed by atoms with Crippen molar-refractivity contribution in [2.45, 2.75) is 52.2 Å². The highest BCUT2D eigenvalue weighted by atomic mass is 16.6. The van der Waals surface area contributed by atoms with Crippen LogP contribution in [0.5, 0.6) is 11.5 Å². The largest absolute Gasteiger partial charge is 0.487 e. The lowest BCUT2D eigenvalue weighted by molar-refractivity contribution is -0.143. The van der Waals surface area contributed by atoms with Crippen LogP contribution in [-0.2, 0) is 24.5 Å². The zero-order valence-corrected chi connectivity index (χ0v) is 19.5. The molecule has 0 aliphatic carbocycles. The molecule has 0 radical (unpaired) electrons. The molecule has 2 unspecified atom stereocenters. The molecule has 32 heavy (non-hydrogen) atoms. The lowest BCUT2D eigenvalue weighted by atomic mass is 9.87. The molecule has 1 aromatic rings. The number of rotatable bonds is 12. The van der Waals surface area contributed by atoms with E-state index in [4.69, 9.17) is 18.9 Å². The second-order valence-corrected chi connectivity index (χ2v) is 8.60. The van der Waals surface area contributed by atoms with Gasteiger partial charge in [-0.15, -0.1) is 0 Å². The third-order valence-corrected chi connectivity index (χ3v) is 4.18. The van der Waals surface area contributed by atoms with E-state index in [1.165, 1.54) is 13.8 Å². The van der Waals surface area contributed by atoms with Gasteiger partial charge in [-0.2, -0.15) is 0 Å². The van der Waals surface area contributed by atoms with Crippen molar-refractivity contribution in [3.63, 3.8) is 0 Å². The van der Waals surface area contributed by atoms with Gasteiger partial charge in [0, 0.05) is 11.1 Å². The van der Waals surface area contributed by atoms with Gasteiger partial charge in [-0.05, 0) is 37.0 Å². The number of ether oxygens (including phenoxy) is 4. The molecule has 0 amide bonds. The zero-order valence-electron chi connectivity index (χ0n) is 19.5. The summed E-state index contributed by atoms with van der Waals surface area (Å²) in [4.78, 5) is 22.9. The van der Waals surface area contributed by atoms with Crippen LogP contribution in [0.3, 0.4) is 0 Å². The molecule has 1 rings (SSSR count). The van der Waals surface area contributed by atoms with E-state index < -0.39 is 24.1 Å². The number of carbonyl (C=O) groups is 2. The third-order valence-electron chi connectivity index (χ3n) is 4.18. The van der Waals surface area contributed by atoms with Gasteiger partial charge in [-0.3, -0.25) is 0 Å². The van der Waals surface area contributed by atoms with Gasteiger partial charge in [-0.1, -0.05) is 40.0 Å². The van der Waals surface area contributed by atoms with E-state index in [9.17, 15) is 19.8 Å². The van der Waals surface area contributed by atoms with Crippen molar-refractivity contribution in [2.24, 2.45) is 0 Å². The summed E-state index contributed by atoms with van der Waals surface area (Å²) in [6, 6.07) is 5.37. The summed E-state index contributed by atoms with van der Waals surface area (Å²) in [6.07, 6.45) is -2.11. The lowest BCUT2D eigenvalue weighted by Crippen LogP contribution is -2.27. The van der Waals surface area contributed by atoms with E-state index >= 15 is 0 Å². The lowest BCUT2D eigenvalue weighted by Gasteiger charge is -2.22. The molecule has 0 aliphatic rings. The van der Waals surface area contributed by atoms with Crippen LogP contribution < -0.4 is 9.47 Å². The van der Waals surface area contributed by atoms with E-state index in [2.05, 4.69) is 13.2 Å². The summed E-state index contributed by atoms with van der Waals surface area (Å²) in [5.41, 5.74) is 1.28. The van der Waals surface area contributed by atoms with Gasteiger partial charge in [0.2, 0.25) is 0 Å². The Balaban J connectivity index is 2.79. The molecule has 0 saturated heterocycles. The quantitative estimate of drug-likeness (QED) is 0.369. The Labute approximate surface area is 189 Å². The van der Waals surface area contributed by atoms with Gasteiger partial charge in [0.15, 0.2) is 11.5 Å². The number of aliphatic hydroxyl groups is 2. The van der Waals surface area contributed by atoms with E-state index in [1.54, 1.807) is 12.1 Å². The van der Waals surface area contributed by atoms with Crippen LogP contribution in [0.1, 0.15) is 40.2 Å². The molecule has 0 heterocycles. The van der Waals surface area contributed by atoms with Crippen molar-refractivity contribution < 1.29 is 38.7 Å². The highest BCUT2D eigenvalue weighted by Gasteiger charge is 2.19. The molecular weight excluding hydrogens is 416 g/mol. The summed E-state index contributed by atoms with van der Waals surface area (Å²) in [5.74, 6) is -0.490. The topological polar surface area (TPSA) is 112 Å². The van der Waals surface area contributed by atoms with Crippen LogP contribution in [0, 0.1) is 0 Å². The zero-order chi connectivity index (χ0) is 24.5. The smallest absolute Gasteiger partial charge is 0.333 e. The fraction of sp³-hybridized carbons (Fsp3) is 0.500. The summed E-state index contributed by atoms with van der Waals surface area (Å²) < 4.78 is 21.2. The molecule has 0 bridgehead atoms. The molecule has 0 fully saturated rings. The van der Waals surface area contributed by atoms with Gasteiger partial charge >= 0.3 is 11.9 Å². The van der Waals surface area contributed by atoms with Crippen LogP contribution in [-0.4, -0.2) is 60.8 Å². The monoisotopic (exact) mass is 450 g/mol. The third kappa shape index (κ3) is 9.53. The SMILES string of the molecule is C=C(C)C(=O)OCC(O)COc1ccc(C(C)(C)C)cc1OCC(O)COC(=O)C(=C)C. The van der Waals surface area contributed by atoms with Gasteiger partial charge in [0.25, 0.3) is 0 Å². The summed E-state index contributed by atoms with van der Waals surface area (Å²) in [5, 5.41) is 20.1. The first-order chi connectivity index (χ1) is 14.8. The standard InChI is InChI=1S/C24H34O8/c1-15(2)22(27)31-13-18(25)11-29-20-9-8-17(24(5,6)7)10-21(20)30-12-19(26)14-32-23(28)16(3)4/h8-10,18-19,25-26H,1,3,11-14H2,2,4-7H3. The van der Waals surface area contributed by atoms with E-state index in [1.807, 2.05) is 26.8 Å². The van der Waals surface area contributed by atoms with Gasteiger partial charge < -0.3 is 29.2 Å². The molecule has 2 atom stereocenters. The Hall–Kier alpha value is -2.84. The van der Waals surface area contributed by atoms with E-state index in [0.29, 0.717) is 11.5 Å². The Bertz CT molecular complexity index is 822. The number of aliphatic hydroxyl groups excluding tert-OH is 2. The average Bonchev–Trinajstić information content (AvgIpc) is 2.71. The van der Waals surface area contributed by atoms with Crippen molar-refractivity contribution in [1.82, 2.24) is 0 Å². The molecule has 2 N–H and O–H groups in total. The van der Waals surface area contributed by atoms with Crippen molar-refractivity contribution in [2.75, 3.05) is 26.4 Å². The number of benzene rings is 1. The average molecular weight is 451 g/mol. The van der Waals surface area contributed by atoms with Gasteiger partial charge in [0.1, 0.15) is 38.6 Å². The molecule has 1 aromatic carbocycles. The van der Waals surface area contributed by atoms with Crippen LogP contribution >= 0.6 is 0 Å². The minimum Gasteiger partial charge on any atom is -0.487 e. The predicted molar refractivity (Wildman–Crippen MR) is 120 cm³/mol. The van der Waals surface area contributed by atoms with Crippen molar-refractivity contribution in [1.29, 1.82) is 0 Å². The Morgan fingerprint density at radius 2 is 1.28 bits per heavy atom. The van der Waals surface area contributed by atoms with Crippen LogP contribution in [0.2, 0.25) is 0 Å². The maximum absolute atomic E-state index is 11.5. The first-order valence-corrected chi connectivity index (χ1v) is 10.2. The highest BCUT2D eigenvalue weighted by Crippen LogP contribution is 2.33. The predicted octanol–water partition coefficient (Wildman–Crippen LogP) is 2.70. The van der Waals surface area contributed by atoms with E-state index in [-0.39, 0.29) is 43.0 Å². The highest BCUT2D eigenvalue weighted by molar-refractivity contribution is 5.87.